The Morgan fingerprint density at radius 3 is 2.47 bits per heavy atom. The van der Waals surface area contributed by atoms with Crippen molar-refractivity contribution in [2.24, 2.45) is 0 Å². The number of ether oxygens (including phenoxy) is 1. The van der Waals surface area contributed by atoms with Crippen LogP contribution in [0, 0.1) is 0 Å². The van der Waals surface area contributed by atoms with Crippen LogP contribution in [0.1, 0.15) is 18.5 Å². The molecule has 0 bridgehead atoms. The molecule has 15 heavy (non-hydrogen) atoms. The van der Waals surface area contributed by atoms with Crippen LogP contribution in [0.3, 0.4) is 0 Å². The van der Waals surface area contributed by atoms with Crippen LogP contribution in [0.5, 0.6) is 0 Å². The lowest BCUT2D eigenvalue weighted by Crippen LogP contribution is -2.33. The molecule has 0 heterocycles. The number of hydrogen-bond acceptors (Lipinski definition) is 2. The van der Waals surface area contributed by atoms with Gasteiger partial charge in [0.25, 0.3) is 0 Å². The Hall–Kier alpha value is -1.58. The van der Waals surface area contributed by atoms with Crippen LogP contribution in [-0.2, 0) is 4.74 Å². The second-order valence-corrected chi connectivity index (χ2v) is 3.20. The molecular formula is C11H14FNO2. The van der Waals surface area contributed by atoms with Crippen molar-refractivity contribution in [1.82, 2.24) is 5.32 Å². The molecule has 82 valence electrons. The Morgan fingerprint density at radius 1 is 1.40 bits per heavy atom. The summed E-state index contributed by atoms with van der Waals surface area (Å²) < 4.78 is 17.7. The maximum absolute atomic E-state index is 13.3. The molecular weight excluding hydrogens is 197 g/mol. The van der Waals surface area contributed by atoms with E-state index in [4.69, 9.17) is 0 Å². The van der Waals surface area contributed by atoms with Crippen LogP contribution < -0.4 is 5.32 Å². The van der Waals surface area contributed by atoms with Crippen molar-refractivity contribution < 1.29 is 13.9 Å². The average molecular weight is 211 g/mol. The molecule has 1 N–H and O–H groups in total. The van der Waals surface area contributed by atoms with E-state index >= 15 is 0 Å². The summed E-state index contributed by atoms with van der Waals surface area (Å²) in [7, 11) is 1.25. The fourth-order valence-electron chi connectivity index (χ4n) is 1.31. The molecule has 1 amide bonds. The highest BCUT2D eigenvalue weighted by Gasteiger charge is 2.20. The first-order chi connectivity index (χ1) is 7.15. The summed E-state index contributed by atoms with van der Waals surface area (Å²) in [6.45, 7) is 1.40. The van der Waals surface area contributed by atoms with E-state index in [1.165, 1.54) is 14.0 Å². The van der Waals surface area contributed by atoms with Crippen molar-refractivity contribution in [2.75, 3.05) is 7.11 Å². The van der Waals surface area contributed by atoms with Gasteiger partial charge in [-0.2, -0.15) is 0 Å². The van der Waals surface area contributed by atoms with Crippen molar-refractivity contribution in [2.45, 2.75) is 19.1 Å². The molecule has 0 radical (unpaired) electrons. The van der Waals surface area contributed by atoms with Gasteiger partial charge in [-0.25, -0.2) is 9.18 Å². The lowest BCUT2D eigenvalue weighted by molar-refractivity contribution is 0.157. The molecule has 3 nitrogen and oxygen atoms in total. The molecule has 1 aromatic rings. The van der Waals surface area contributed by atoms with Gasteiger partial charge in [0.1, 0.15) is 6.17 Å². The highest BCUT2D eigenvalue weighted by molar-refractivity contribution is 5.67. The van der Waals surface area contributed by atoms with E-state index in [0.29, 0.717) is 0 Å². The number of alkyl carbamates (subject to hydrolysis) is 1. The van der Waals surface area contributed by atoms with E-state index in [-0.39, 0.29) is 0 Å². The molecule has 0 fully saturated rings. The highest BCUT2D eigenvalue weighted by atomic mass is 19.1. The molecule has 0 saturated heterocycles. The topological polar surface area (TPSA) is 38.3 Å². The van der Waals surface area contributed by atoms with Gasteiger partial charge in [0, 0.05) is 0 Å². The predicted molar refractivity (Wildman–Crippen MR) is 55.3 cm³/mol. The van der Waals surface area contributed by atoms with E-state index in [1.54, 1.807) is 24.3 Å². The molecule has 0 spiro atoms. The largest absolute Gasteiger partial charge is 0.453 e. The molecule has 0 saturated carbocycles. The van der Waals surface area contributed by atoms with Gasteiger partial charge in [0.2, 0.25) is 0 Å². The van der Waals surface area contributed by atoms with Crippen molar-refractivity contribution in [3.8, 4) is 0 Å². The molecule has 0 aliphatic carbocycles. The van der Waals surface area contributed by atoms with Gasteiger partial charge >= 0.3 is 6.09 Å². The van der Waals surface area contributed by atoms with E-state index in [0.717, 1.165) is 5.56 Å². The fraction of sp³-hybridized carbons (Fsp3) is 0.364. The standard InChI is InChI=1S/C11H14FNO2/c1-8(12)10(13-11(14)15-2)9-6-4-3-5-7-9/h3-8,10H,1-2H3,(H,13,14)/t8-,10-/m0/s1. The quantitative estimate of drug-likeness (QED) is 0.833. The number of carbonyl (C=O) groups is 1. The van der Waals surface area contributed by atoms with Gasteiger partial charge < -0.3 is 10.1 Å². The van der Waals surface area contributed by atoms with E-state index in [1.807, 2.05) is 6.07 Å². The second kappa shape index (κ2) is 5.34. The van der Waals surface area contributed by atoms with Crippen molar-refractivity contribution in [3.05, 3.63) is 35.9 Å². The third-order valence-corrected chi connectivity index (χ3v) is 2.08. The number of methoxy groups -OCH3 is 1. The SMILES string of the molecule is COC(=O)N[C@H](c1ccccc1)[C@H](C)F. The Labute approximate surface area is 88.2 Å². The van der Waals surface area contributed by atoms with Gasteiger partial charge in [-0.15, -0.1) is 0 Å². The van der Waals surface area contributed by atoms with Crippen molar-refractivity contribution in [3.63, 3.8) is 0 Å². The van der Waals surface area contributed by atoms with Gasteiger partial charge in [0.15, 0.2) is 0 Å². The summed E-state index contributed by atoms with van der Waals surface area (Å²) in [5.74, 6) is 0. The lowest BCUT2D eigenvalue weighted by Gasteiger charge is -2.19. The normalized spacial score (nSPS) is 14.1. The number of hydrogen-bond donors (Lipinski definition) is 1. The van der Waals surface area contributed by atoms with Crippen LogP contribution in [0.15, 0.2) is 30.3 Å². The zero-order valence-electron chi connectivity index (χ0n) is 8.74. The number of rotatable bonds is 3. The third-order valence-electron chi connectivity index (χ3n) is 2.08. The van der Waals surface area contributed by atoms with Gasteiger partial charge in [0.05, 0.1) is 13.2 Å². The molecule has 4 heteroatoms. The Balaban J connectivity index is 2.79. The van der Waals surface area contributed by atoms with Gasteiger partial charge in [-0.05, 0) is 12.5 Å². The van der Waals surface area contributed by atoms with Crippen LogP contribution in [0.4, 0.5) is 9.18 Å². The zero-order valence-corrected chi connectivity index (χ0v) is 8.74. The number of alkyl halides is 1. The van der Waals surface area contributed by atoms with E-state index < -0.39 is 18.3 Å². The zero-order chi connectivity index (χ0) is 11.3. The summed E-state index contributed by atoms with van der Waals surface area (Å²) in [6, 6.07) is 8.28. The molecule has 0 unspecified atom stereocenters. The number of carbonyl (C=O) groups excluding carboxylic acids is 1. The minimum atomic E-state index is -1.17. The highest BCUT2D eigenvalue weighted by Crippen LogP contribution is 2.18. The summed E-state index contributed by atoms with van der Waals surface area (Å²) in [5.41, 5.74) is 0.720. The second-order valence-electron chi connectivity index (χ2n) is 3.20. The molecule has 2 atom stereocenters. The molecule has 1 aromatic carbocycles. The van der Waals surface area contributed by atoms with Crippen LogP contribution >= 0.6 is 0 Å². The maximum Gasteiger partial charge on any atom is 0.407 e. The Morgan fingerprint density at radius 2 is 2.00 bits per heavy atom. The molecule has 1 rings (SSSR count). The molecule has 0 aromatic heterocycles. The summed E-state index contributed by atoms with van der Waals surface area (Å²) in [4.78, 5) is 11.0. The number of amides is 1. The number of halogens is 1. The minimum absolute atomic E-state index is 0.631. The van der Waals surface area contributed by atoms with Crippen molar-refractivity contribution >= 4 is 6.09 Å². The summed E-state index contributed by atoms with van der Waals surface area (Å²) >= 11 is 0. The Kier molecular flexibility index (Phi) is 4.09. The van der Waals surface area contributed by atoms with Gasteiger partial charge in [-0.1, -0.05) is 30.3 Å². The fourth-order valence-corrected chi connectivity index (χ4v) is 1.31. The minimum Gasteiger partial charge on any atom is -0.453 e. The first kappa shape index (κ1) is 11.5. The summed E-state index contributed by atoms with van der Waals surface area (Å²) in [5, 5.41) is 2.45. The first-order valence-electron chi connectivity index (χ1n) is 4.68. The number of nitrogens with one attached hydrogen (secondary N) is 1. The van der Waals surface area contributed by atoms with Gasteiger partial charge in [-0.3, -0.25) is 0 Å². The maximum atomic E-state index is 13.3. The van der Waals surface area contributed by atoms with E-state index in [9.17, 15) is 9.18 Å². The first-order valence-corrected chi connectivity index (χ1v) is 4.68. The predicted octanol–water partition coefficient (Wildman–Crippen LogP) is 2.44. The third kappa shape index (κ3) is 3.23. The monoisotopic (exact) mass is 211 g/mol. The summed E-state index contributed by atoms with van der Waals surface area (Å²) in [6.07, 6.45) is -1.81. The van der Waals surface area contributed by atoms with Crippen molar-refractivity contribution in [1.29, 1.82) is 0 Å². The molecule has 0 aliphatic heterocycles. The lowest BCUT2D eigenvalue weighted by atomic mass is 10.0. The average Bonchev–Trinajstić information content (AvgIpc) is 2.26. The number of benzene rings is 1. The smallest absolute Gasteiger partial charge is 0.407 e. The Bertz CT molecular complexity index is 314. The van der Waals surface area contributed by atoms with Crippen LogP contribution in [-0.4, -0.2) is 19.4 Å². The van der Waals surface area contributed by atoms with Crippen LogP contribution in [0.2, 0.25) is 0 Å². The van der Waals surface area contributed by atoms with Crippen LogP contribution in [0.25, 0.3) is 0 Å². The molecule has 0 aliphatic rings. The van der Waals surface area contributed by atoms with E-state index in [2.05, 4.69) is 10.1 Å².